The zero-order valence-corrected chi connectivity index (χ0v) is 21.5. The molecule has 0 bridgehead atoms. The molecule has 2 heterocycles. The Morgan fingerprint density at radius 3 is 2.55 bits per heavy atom. The lowest BCUT2D eigenvalue weighted by molar-refractivity contribution is -0.204. The van der Waals surface area contributed by atoms with E-state index in [9.17, 15) is 29.2 Å². The summed E-state index contributed by atoms with van der Waals surface area (Å²) >= 11 is 0. The summed E-state index contributed by atoms with van der Waals surface area (Å²) in [5.41, 5.74) is -4.74. The number of hydrogen-bond donors (Lipinski definition) is 4. The van der Waals surface area contributed by atoms with Crippen LogP contribution in [-0.2, 0) is 23.4 Å². The van der Waals surface area contributed by atoms with E-state index >= 15 is 4.39 Å². The predicted octanol–water partition coefficient (Wildman–Crippen LogP) is 0.590. The van der Waals surface area contributed by atoms with Gasteiger partial charge in [0.25, 0.3) is 11.4 Å². The number of para-hydroxylation sites is 1. The highest BCUT2D eigenvalue weighted by Gasteiger charge is 2.65. The first-order valence-corrected chi connectivity index (χ1v) is 12.8. The molecule has 1 saturated heterocycles. The second-order valence-corrected chi connectivity index (χ2v) is 10.4. The fourth-order valence-corrected chi connectivity index (χ4v) is 4.96. The fourth-order valence-electron chi connectivity index (χ4n) is 3.45. The van der Waals surface area contributed by atoms with Gasteiger partial charge in [0.05, 0.1) is 6.10 Å². The molecule has 38 heavy (non-hydrogen) atoms. The third-order valence-corrected chi connectivity index (χ3v) is 6.93. The molecular formula is C23H27FN3O10P. The summed E-state index contributed by atoms with van der Waals surface area (Å²) in [5.74, 6) is -2.35. The third-order valence-electron chi connectivity index (χ3n) is 5.30. The zero-order valence-electron chi connectivity index (χ0n) is 20.6. The van der Waals surface area contributed by atoms with Gasteiger partial charge < -0.3 is 24.2 Å². The SMILES string of the molecule is C#C[C@]1(O)[C@H](n2ccc(=O)[nH]c2=O)O[C@](F)(CO[P@@](=O)(N[C@@H](C)C(=O)OC(C)C)Oc2ccccc2)[C@H]1O. The number of alkyl halides is 1. The molecule has 206 valence electrons. The van der Waals surface area contributed by atoms with Crippen LogP contribution in [0.1, 0.15) is 27.0 Å². The van der Waals surface area contributed by atoms with Crippen LogP contribution >= 0.6 is 7.75 Å². The Kier molecular flexibility index (Phi) is 8.62. The van der Waals surface area contributed by atoms with Crippen molar-refractivity contribution in [1.82, 2.24) is 14.6 Å². The highest BCUT2D eigenvalue weighted by Crippen LogP contribution is 2.50. The van der Waals surface area contributed by atoms with Crippen LogP contribution in [0.5, 0.6) is 5.75 Å². The molecule has 0 radical (unpaired) electrons. The maximum atomic E-state index is 15.9. The molecule has 1 aliphatic rings. The van der Waals surface area contributed by atoms with Crippen LogP contribution in [0.4, 0.5) is 4.39 Å². The number of carbonyl (C=O) groups excluding carboxylic acids is 1. The van der Waals surface area contributed by atoms with Crippen molar-refractivity contribution >= 4 is 13.7 Å². The summed E-state index contributed by atoms with van der Waals surface area (Å²) < 4.78 is 50.9. The van der Waals surface area contributed by atoms with Crippen molar-refractivity contribution in [3.63, 3.8) is 0 Å². The quantitative estimate of drug-likeness (QED) is 0.183. The largest absolute Gasteiger partial charge is 0.462 e. The van der Waals surface area contributed by atoms with Gasteiger partial charge in [-0.1, -0.05) is 24.1 Å². The van der Waals surface area contributed by atoms with E-state index < -0.39 is 67.5 Å². The average Bonchev–Trinajstić information content (AvgIpc) is 3.05. The van der Waals surface area contributed by atoms with Gasteiger partial charge in [-0.25, -0.2) is 13.8 Å². The molecule has 2 aromatic rings. The molecule has 0 saturated carbocycles. The van der Waals surface area contributed by atoms with E-state index in [1.807, 2.05) is 4.98 Å². The highest BCUT2D eigenvalue weighted by atomic mass is 31.2. The summed E-state index contributed by atoms with van der Waals surface area (Å²) in [6, 6.07) is 7.20. The van der Waals surface area contributed by atoms with Gasteiger partial charge in [0.1, 0.15) is 18.4 Å². The number of hydrogen-bond acceptors (Lipinski definition) is 10. The molecule has 1 aromatic heterocycles. The van der Waals surface area contributed by atoms with Gasteiger partial charge >= 0.3 is 19.4 Å². The number of aliphatic hydroxyl groups is 2. The Balaban J connectivity index is 1.90. The van der Waals surface area contributed by atoms with E-state index in [4.69, 9.17) is 24.9 Å². The van der Waals surface area contributed by atoms with E-state index in [-0.39, 0.29) is 5.75 Å². The second-order valence-electron chi connectivity index (χ2n) is 8.66. The van der Waals surface area contributed by atoms with Crippen molar-refractivity contribution in [2.75, 3.05) is 6.61 Å². The van der Waals surface area contributed by atoms with E-state index in [0.29, 0.717) is 4.57 Å². The third kappa shape index (κ3) is 6.21. The van der Waals surface area contributed by atoms with Gasteiger partial charge in [-0.05, 0) is 32.9 Å². The number of esters is 1. The minimum Gasteiger partial charge on any atom is -0.462 e. The second kappa shape index (κ2) is 11.2. The van der Waals surface area contributed by atoms with Crippen molar-refractivity contribution in [3.8, 4) is 18.1 Å². The minimum atomic E-state index is -4.61. The van der Waals surface area contributed by atoms with Crippen LogP contribution in [0, 0.1) is 12.3 Å². The van der Waals surface area contributed by atoms with Crippen LogP contribution < -0.4 is 20.9 Å². The number of aromatic nitrogens is 2. The van der Waals surface area contributed by atoms with Crippen LogP contribution in [0.3, 0.4) is 0 Å². The Hall–Kier alpha value is -3.31. The van der Waals surface area contributed by atoms with Crippen molar-refractivity contribution < 1.29 is 42.5 Å². The first kappa shape index (κ1) is 29.2. The molecule has 0 aliphatic carbocycles. The lowest BCUT2D eigenvalue weighted by atomic mass is 9.94. The number of rotatable bonds is 10. The Morgan fingerprint density at radius 1 is 1.32 bits per heavy atom. The Morgan fingerprint density at radius 2 is 1.97 bits per heavy atom. The number of nitrogens with zero attached hydrogens (tertiary/aromatic N) is 1. The monoisotopic (exact) mass is 555 g/mol. The summed E-state index contributed by atoms with van der Waals surface area (Å²) in [6.45, 7) is 3.15. The Bertz CT molecular complexity index is 1360. The van der Waals surface area contributed by atoms with Crippen LogP contribution in [0.25, 0.3) is 0 Å². The number of nitrogens with one attached hydrogen (secondary N) is 2. The first-order chi connectivity index (χ1) is 17.7. The van der Waals surface area contributed by atoms with Gasteiger partial charge in [0, 0.05) is 12.3 Å². The molecule has 0 amide bonds. The normalized spacial score (nSPS) is 27.3. The molecule has 6 atom stereocenters. The molecule has 1 aromatic carbocycles. The van der Waals surface area contributed by atoms with Crippen LogP contribution in [0.15, 0.2) is 52.2 Å². The molecule has 1 fully saturated rings. The van der Waals surface area contributed by atoms with Gasteiger partial charge in [0.15, 0.2) is 12.3 Å². The maximum absolute atomic E-state index is 15.9. The first-order valence-electron chi connectivity index (χ1n) is 11.3. The maximum Gasteiger partial charge on any atom is 0.459 e. The molecule has 3 rings (SSSR count). The van der Waals surface area contributed by atoms with E-state index in [1.165, 1.54) is 19.1 Å². The number of aromatic amines is 1. The molecule has 4 N–H and O–H groups in total. The summed E-state index contributed by atoms with van der Waals surface area (Å²) in [6.07, 6.45) is 1.16. The molecule has 15 heteroatoms. The van der Waals surface area contributed by atoms with E-state index in [2.05, 4.69) is 5.09 Å². The summed E-state index contributed by atoms with van der Waals surface area (Å²) in [7, 11) is -4.61. The van der Waals surface area contributed by atoms with Crippen LogP contribution in [0.2, 0.25) is 0 Å². The number of ether oxygens (including phenoxy) is 2. The van der Waals surface area contributed by atoms with Crippen molar-refractivity contribution in [2.24, 2.45) is 0 Å². The summed E-state index contributed by atoms with van der Waals surface area (Å²) in [5, 5.41) is 23.8. The topological polar surface area (TPSA) is 178 Å². The highest BCUT2D eigenvalue weighted by molar-refractivity contribution is 7.52. The molecular weight excluding hydrogens is 528 g/mol. The lowest BCUT2D eigenvalue weighted by Crippen LogP contribution is -2.51. The number of H-pyrrole nitrogens is 1. The number of halogens is 1. The lowest BCUT2D eigenvalue weighted by Gasteiger charge is -2.28. The van der Waals surface area contributed by atoms with E-state index in [0.717, 1.165) is 12.3 Å². The van der Waals surface area contributed by atoms with Crippen LogP contribution in [-0.4, -0.2) is 62.0 Å². The number of terminal acetylenes is 1. The predicted molar refractivity (Wildman–Crippen MR) is 130 cm³/mol. The van der Waals surface area contributed by atoms with E-state index in [1.54, 1.807) is 38.0 Å². The number of benzene rings is 1. The van der Waals surface area contributed by atoms with Gasteiger partial charge in [0.2, 0.25) is 5.60 Å². The summed E-state index contributed by atoms with van der Waals surface area (Å²) in [4.78, 5) is 37.8. The molecule has 13 nitrogen and oxygen atoms in total. The molecule has 0 spiro atoms. The Labute approximate surface area is 216 Å². The van der Waals surface area contributed by atoms with Gasteiger partial charge in [-0.3, -0.25) is 23.7 Å². The van der Waals surface area contributed by atoms with Crippen molar-refractivity contribution in [2.45, 2.75) is 56.7 Å². The number of carbonyl (C=O) groups is 1. The van der Waals surface area contributed by atoms with Crippen molar-refractivity contribution in [1.29, 1.82) is 0 Å². The smallest absolute Gasteiger partial charge is 0.459 e. The molecule has 1 aliphatic heterocycles. The van der Waals surface area contributed by atoms with Gasteiger partial charge in [-0.15, -0.1) is 6.42 Å². The van der Waals surface area contributed by atoms with Crippen molar-refractivity contribution in [3.05, 3.63) is 63.4 Å². The molecule has 0 unspecified atom stereocenters. The number of aliphatic hydroxyl groups excluding tert-OH is 1. The fraction of sp³-hybridized carbons (Fsp3) is 0.435. The standard InChI is InChI=1S/C23H27FN3O10P/c1-5-22(32)19(30)23(24,36-20(22)27-12-11-17(28)25-21(27)31)13-34-38(33,37-16-9-7-6-8-10-16)26-15(4)18(29)35-14(2)3/h1,6-12,14-15,19-20,30,32H,13H2,2-4H3,(H,26,33)(H,25,28,31)/t15-,19-,20+,22+,23+,38-/m0/s1. The zero-order chi connectivity index (χ0) is 28.3. The average molecular weight is 555 g/mol. The minimum absolute atomic E-state index is 0.0198. The van der Waals surface area contributed by atoms with Gasteiger partial charge in [-0.2, -0.15) is 5.09 Å².